The predicted molar refractivity (Wildman–Crippen MR) is 56.7 cm³/mol. The van der Waals surface area contributed by atoms with Gasteiger partial charge in [-0.1, -0.05) is 25.8 Å². The van der Waals surface area contributed by atoms with E-state index in [1.54, 1.807) is 0 Å². The molecule has 0 nitrogen and oxygen atoms in total. The Bertz CT molecular complexity index is 326. The molecule has 0 radical (unpaired) electrons. The van der Waals surface area contributed by atoms with Crippen LogP contribution in [0, 0.1) is 17.6 Å². The van der Waals surface area contributed by atoms with Gasteiger partial charge in [-0.05, 0) is 36.8 Å². The molecule has 2 atom stereocenters. The molecule has 1 saturated carbocycles. The first kappa shape index (κ1) is 10.6. The van der Waals surface area contributed by atoms with Gasteiger partial charge in [0.2, 0.25) is 0 Å². The number of halogens is 2. The number of benzene rings is 1. The average molecular weight is 210 g/mol. The van der Waals surface area contributed by atoms with Gasteiger partial charge in [0.15, 0.2) is 0 Å². The van der Waals surface area contributed by atoms with E-state index >= 15 is 0 Å². The van der Waals surface area contributed by atoms with Gasteiger partial charge in [-0.3, -0.25) is 0 Å². The minimum Gasteiger partial charge on any atom is -0.207 e. The Morgan fingerprint density at radius 3 is 2.40 bits per heavy atom. The monoisotopic (exact) mass is 210 g/mol. The van der Waals surface area contributed by atoms with Crippen molar-refractivity contribution in [3.8, 4) is 0 Å². The van der Waals surface area contributed by atoms with E-state index in [4.69, 9.17) is 0 Å². The molecular formula is C13H16F2. The summed E-state index contributed by atoms with van der Waals surface area (Å²) in [5.41, 5.74) is 0.309. The molecule has 1 fully saturated rings. The van der Waals surface area contributed by atoms with E-state index in [0.29, 0.717) is 11.5 Å². The summed E-state index contributed by atoms with van der Waals surface area (Å²) in [5.74, 6) is -0.0964. The lowest BCUT2D eigenvalue weighted by Gasteiger charge is -2.27. The Labute approximate surface area is 89.3 Å². The third-order valence-electron chi connectivity index (χ3n) is 3.34. The highest BCUT2D eigenvalue weighted by Gasteiger charge is 2.25. The molecule has 2 heteroatoms. The van der Waals surface area contributed by atoms with Crippen molar-refractivity contribution in [3.05, 3.63) is 35.4 Å². The zero-order valence-electron chi connectivity index (χ0n) is 8.97. The third kappa shape index (κ3) is 2.19. The second-order valence-electron chi connectivity index (χ2n) is 4.60. The standard InChI is InChI=1S/C13H16F2/c1-9-4-2-5-10(8-9)13-11(14)6-3-7-12(13)15/h3,6-7,9-10H,2,4-5,8H2,1H3. The van der Waals surface area contributed by atoms with Crippen LogP contribution in [0.25, 0.3) is 0 Å². The molecule has 1 aliphatic rings. The molecule has 2 rings (SSSR count). The molecule has 0 aromatic heterocycles. The lowest BCUT2D eigenvalue weighted by molar-refractivity contribution is 0.331. The maximum atomic E-state index is 13.5. The Balaban J connectivity index is 2.28. The highest BCUT2D eigenvalue weighted by atomic mass is 19.1. The highest BCUT2D eigenvalue weighted by Crippen LogP contribution is 2.37. The molecule has 1 aromatic rings. The Morgan fingerprint density at radius 1 is 1.13 bits per heavy atom. The van der Waals surface area contributed by atoms with Crippen LogP contribution in [0.3, 0.4) is 0 Å². The van der Waals surface area contributed by atoms with E-state index in [9.17, 15) is 8.78 Å². The van der Waals surface area contributed by atoms with E-state index in [1.165, 1.54) is 24.6 Å². The van der Waals surface area contributed by atoms with Gasteiger partial charge in [0.1, 0.15) is 11.6 Å². The minimum atomic E-state index is -0.380. The summed E-state index contributed by atoms with van der Waals surface area (Å²) >= 11 is 0. The van der Waals surface area contributed by atoms with Crippen LogP contribution in [-0.2, 0) is 0 Å². The Kier molecular flexibility index (Phi) is 3.03. The third-order valence-corrected chi connectivity index (χ3v) is 3.34. The first-order chi connectivity index (χ1) is 7.18. The van der Waals surface area contributed by atoms with Crippen molar-refractivity contribution >= 4 is 0 Å². The van der Waals surface area contributed by atoms with Crippen LogP contribution in [0.5, 0.6) is 0 Å². The fraction of sp³-hybridized carbons (Fsp3) is 0.538. The topological polar surface area (TPSA) is 0 Å². The second-order valence-corrected chi connectivity index (χ2v) is 4.60. The molecule has 0 spiro atoms. The summed E-state index contributed by atoms with van der Waals surface area (Å²) in [6, 6.07) is 4.15. The molecule has 0 saturated heterocycles. The smallest absolute Gasteiger partial charge is 0.129 e. The van der Waals surface area contributed by atoms with Crippen molar-refractivity contribution in [2.45, 2.75) is 38.5 Å². The van der Waals surface area contributed by atoms with E-state index in [2.05, 4.69) is 6.92 Å². The molecule has 1 aromatic carbocycles. The summed E-state index contributed by atoms with van der Waals surface area (Å²) in [6.45, 7) is 2.16. The summed E-state index contributed by atoms with van der Waals surface area (Å²) in [7, 11) is 0. The van der Waals surface area contributed by atoms with Crippen molar-refractivity contribution in [1.29, 1.82) is 0 Å². The van der Waals surface area contributed by atoms with Gasteiger partial charge in [-0.2, -0.15) is 0 Å². The quantitative estimate of drug-likeness (QED) is 0.649. The van der Waals surface area contributed by atoms with Crippen LogP contribution >= 0.6 is 0 Å². The first-order valence-corrected chi connectivity index (χ1v) is 5.62. The molecule has 15 heavy (non-hydrogen) atoms. The van der Waals surface area contributed by atoms with Gasteiger partial charge in [-0.15, -0.1) is 0 Å². The zero-order chi connectivity index (χ0) is 10.8. The van der Waals surface area contributed by atoms with Gasteiger partial charge in [0.25, 0.3) is 0 Å². The number of rotatable bonds is 1. The molecule has 2 unspecified atom stereocenters. The van der Waals surface area contributed by atoms with Gasteiger partial charge < -0.3 is 0 Å². The van der Waals surface area contributed by atoms with Crippen molar-refractivity contribution < 1.29 is 8.78 Å². The van der Waals surface area contributed by atoms with E-state index in [1.807, 2.05) is 0 Å². The molecule has 82 valence electrons. The lowest BCUT2D eigenvalue weighted by atomic mass is 9.78. The molecule has 1 aliphatic carbocycles. The molecule has 0 amide bonds. The lowest BCUT2D eigenvalue weighted by Crippen LogP contribution is -2.14. The fourth-order valence-electron chi connectivity index (χ4n) is 2.60. The van der Waals surface area contributed by atoms with Crippen LogP contribution in [0.1, 0.15) is 44.1 Å². The first-order valence-electron chi connectivity index (χ1n) is 5.62. The summed E-state index contributed by atoms with van der Waals surface area (Å²) in [5, 5.41) is 0. The van der Waals surface area contributed by atoms with E-state index in [0.717, 1.165) is 19.3 Å². The predicted octanol–water partition coefficient (Wildman–Crippen LogP) is 4.26. The summed E-state index contributed by atoms with van der Waals surface area (Å²) < 4.78 is 27.0. The average Bonchev–Trinajstić information content (AvgIpc) is 2.17. The number of hydrogen-bond donors (Lipinski definition) is 0. The van der Waals surface area contributed by atoms with Crippen molar-refractivity contribution in [3.63, 3.8) is 0 Å². The van der Waals surface area contributed by atoms with Crippen LogP contribution in [-0.4, -0.2) is 0 Å². The molecular weight excluding hydrogens is 194 g/mol. The summed E-state index contributed by atoms with van der Waals surface area (Å²) in [6.07, 6.45) is 4.10. The van der Waals surface area contributed by atoms with E-state index < -0.39 is 0 Å². The van der Waals surface area contributed by atoms with Crippen molar-refractivity contribution in [2.24, 2.45) is 5.92 Å². The second kappa shape index (κ2) is 4.30. The van der Waals surface area contributed by atoms with Gasteiger partial charge in [0, 0.05) is 5.56 Å². The maximum Gasteiger partial charge on any atom is 0.129 e. The van der Waals surface area contributed by atoms with Crippen LogP contribution in [0.2, 0.25) is 0 Å². The van der Waals surface area contributed by atoms with Crippen molar-refractivity contribution in [1.82, 2.24) is 0 Å². The van der Waals surface area contributed by atoms with Crippen LogP contribution in [0.15, 0.2) is 18.2 Å². The number of hydrogen-bond acceptors (Lipinski definition) is 0. The normalized spacial score (nSPS) is 26.6. The maximum absolute atomic E-state index is 13.5. The van der Waals surface area contributed by atoms with Gasteiger partial charge >= 0.3 is 0 Å². The SMILES string of the molecule is CC1CCCC(c2c(F)cccc2F)C1. The highest BCUT2D eigenvalue weighted by molar-refractivity contribution is 5.24. The van der Waals surface area contributed by atoms with E-state index in [-0.39, 0.29) is 17.6 Å². The zero-order valence-corrected chi connectivity index (χ0v) is 8.97. The Morgan fingerprint density at radius 2 is 1.80 bits per heavy atom. The van der Waals surface area contributed by atoms with Crippen molar-refractivity contribution in [2.75, 3.05) is 0 Å². The van der Waals surface area contributed by atoms with Gasteiger partial charge in [0.05, 0.1) is 0 Å². The van der Waals surface area contributed by atoms with Crippen LogP contribution < -0.4 is 0 Å². The molecule has 0 aliphatic heterocycles. The fourth-order valence-corrected chi connectivity index (χ4v) is 2.60. The minimum absolute atomic E-state index is 0.0787. The molecule has 0 bridgehead atoms. The molecule has 0 heterocycles. The van der Waals surface area contributed by atoms with Crippen LogP contribution in [0.4, 0.5) is 8.78 Å². The Hall–Kier alpha value is -0.920. The summed E-state index contributed by atoms with van der Waals surface area (Å²) in [4.78, 5) is 0. The molecule has 0 N–H and O–H groups in total. The van der Waals surface area contributed by atoms with Gasteiger partial charge in [-0.25, -0.2) is 8.78 Å². The largest absolute Gasteiger partial charge is 0.207 e.